The summed E-state index contributed by atoms with van der Waals surface area (Å²) in [7, 11) is 0. The average molecular weight is 279 g/mol. The number of benzene rings is 1. The van der Waals surface area contributed by atoms with Crippen LogP contribution in [0.5, 0.6) is 0 Å². The SMILES string of the molecule is Cc1ccccc1C(C)Nc1cc(=O)n2ccccc2n1. The van der Waals surface area contributed by atoms with Crippen LogP contribution in [0, 0.1) is 6.92 Å². The Morgan fingerprint density at radius 3 is 2.71 bits per heavy atom. The summed E-state index contributed by atoms with van der Waals surface area (Å²) in [5.41, 5.74) is 2.98. The van der Waals surface area contributed by atoms with E-state index in [1.54, 1.807) is 6.20 Å². The van der Waals surface area contributed by atoms with E-state index in [9.17, 15) is 4.79 Å². The van der Waals surface area contributed by atoms with Crippen LogP contribution >= 0.6 is 0 Å². The van der Waals surface area contributed by atoms with Gasteiger partial charge in [0.15, 0.2) is 0 Å². The number of hydrogen-bond donors (Lipinski definition) is 1. The van der Waals surface area contributed by atoms with Crippen LogP contribution in [-0.4, -0.2) is 9.38 Å². The highest BCUT2D eigenvalue weighted by Crippen LogP contribution is 2.20. The van der Waals surface area contributed by atoms with E-state index in [1.807, 2.05) is 30.3 Å². The van der Waals surface area contributed by atoms with Crippen LogP contribution in [0.1, 0.15) is 24.1 Å². The molecule has 106 valence electrons. The summed E-state index contributed by atoms with van der Waals surface area (Å²) in [5.74, 6) is 0.599. The minimum absolute atomic E-state index is 0.0833. The van der Waals surface area contributed by atoms with Crippen LogP contribution in [0.4, 0.5) is 5.82 Å². The molecule has 4 nitrogen and oxygen atoms in total. The van der Waals surface area contributed by atoms with Crippen LogP contribution in [-0.2, 0) is 0 Å². The van der Waals surface area contributed by atoms with Crippen LogP contribution in [0.15, 0.2) is 59.5 Å². The molecule has 3 aromatic rings. The average Bonchev–Trinajstić information content (AvgIpc) is 2.47. The van der Waals surface area contributed by atoms with E-state index in [-0.39, 0.29) is 11.6 Å². The molecule has 0 aliphatic rings. The molecule has 3 rings (SSSR count). The summed E-state index contributed by atoms with van der Waals surface area (Å²) in [6.45, 7) is 4.15. The standard InChI is InChI=1S/C17H17N3O/c1-12-7-3-4-8-14(12)13(2)18-15-11-17(21)20-10-6-5-9-16(20)19-15/h3-11,13,18H,1-2H3. The van der Waals surface area contributed by atoms with Crippen molar-refractivity contribution in [3.05, 3.63) is 76.2 Å². The monoisotopic (exact) mass is 279 g/mol. The van der Waals surface area contributed by atoms with Gasteiger partial charge in [0.2, 0.25) is 0 Å². The van der Waals surface area contributed by atoms with E-state index in [2.05, 4.69) is 36.3 Å². The number of anilines is 1. The van der Waals surface area contributed by atoms with Crippen molar-refractivity contribution in [2.24, 2.45) is 0 Å². The zero-order chi connectivity index (χ0) is 14.8. The first-order chi connectivity index (χ1) is 10.1. The molecular weight excluding hydrogens is 262 g/mol. The second kappa shape index (κ2) is 5.40. The lowest BCUT2D eigenvalue weighted by Gasteiger charge is -2.17. The number of nitrogens with zero attached hydrogens (tertiary/aromatic N) is 2. The minimum Gasteiger partial charge on any atom is -0.363 e. The van der Waals surface area contributed by atoms with Crippen LogP contribution in [0.2, 0.25) is 0 Å². The Morgan fingerprint density at radius 1 is 1.14 bits per heavy atom. The number of aromatic nitrogens is 2. The van der Waals surface area contributed by atoms with Gasteiger partial charge in [-0.3, -0.25) is 9.20 Å². The first kappa shape index (κ1) is 13.4. The maximum atomic E-state index is 12.1. The Morgan fingerprint density at radius 2 is 1.90 bits per heavy atom. The molecule has 0 aliphatic heterocycles. The van der Waals surface area contributed by atoms with Crippen molar-refractivity contribution in [2.75, 3.05) is 5.32 Å². The molecule has 0 radical (unpaired) electrons. The smallest absolute Gasteiger partial charge is 0.259 e. The van der Waals surface area contributed by atoms with E-state index >= 15 is 0 Å². The third kappa shape index (κ3) is 2.65. The van der Waals surface area contributed by atoms with E-state index in [1.165, 1.54) is 21.6 Å². The molecule has 1 atom stereocenters. The molecule has 0 aliphatic carbocycles. The van der Waals surface area contributed by atoms with Crippen LogP contribution in [0.3, 0.4) is 0 Å². The number of nitrogens with one attached hydrogen (secondary N) is 1. The second-order valence-corrected chi connectivity index (χ2v) is 5.13. The fourth-order valence-electron chi connectivity index (χ4n) is 2.50. The third-order valence-electron chi connectivity index (χ3n) is 3.59. The number of aryl methyl sites for hydroxylation is 1. The highest BCUT2D eigenvalue weighted by Gasteiger charge is 2.09. The summed E-state index contributed by atoms with van der Waals surface area (Å²) in [6.07, 6.45) is 1.72. The lowest BCUT2D eigenvalue weighted by atomic mass is 10.0. The van der Waals surface area contributed by atoms with Crippen molar-refractivity contribution in [1.29, 1.82) is 0 Å². The minimum atomic E-state index is -0.0833. The summed E-state index contributed by atoms with van der Waals surface area (Å²) in [5, 5.41) is 3.31. The van der Waals surface area contributed by atoms with Gasteiger partial charge in [0, 0.05) is 12.3 Å². The number of fused-ring (bicyclic) bond motifs is 1. The van der Waals surface area contributed by atoms with Gasteiger partial charge < -0.3 is 5.32 Å². The van der Waals surface area contributed by atoms with Crippen LogP contribution in [0.25, 0.3) is 5.65 Å². The highest BCUT2D eigenvalue weighted by molar-refractivity contribution is 5.48. The first-order valence-corrected chi connectivity index (χ1v) is 6.95. The Labute approximate surface area is 123 Å². The maximum absolute atomic E-state index is 12.1. The molecule has 0 spiro atoms. The lowest BCUT2D eigenvalue weighted by Crippen LogP contribution is -2.17. The zero-order valence-corrected chi connectivity index (χ0v) is 12.1. The van der Waals surface area contributed by atoms with Gasteiger partial charge in [-0.25, -0.2) is 4.98 Å². The molecule has 0 amide bonds. The van der Waals surface area contributed by atoms with Crippen molar-refractivity contribution in [2.45, 2.75) is 19.9 Å². The van der Waals surface area contributed by atoms with Crippen molar-refractivity contribution in [3.63, 3.8) is 0 Å². The fourth-order valence-corrected chi connectivity index (χ4v) is 2.50. The van der Waals surface area contributed by atoms with Gasteiger partial charge in [0.25, 0.3) is 5.56 Å². The molecule has 0 bridgehead atoms. The van der Waals surface area contributed by atoms with Crippen molar-refractivity contribution in [1.82, 2.24) is 9.38 Å². The second-order valence-electron chi connectivity index (χ2n) is 5.13. The van der Waals surface area contributed by atoms with Crippen molar-refractivity contribution < 1.29 is 0 Å². The van der Waals surface area contributed by atoms with E-state index in [4.69, 9.17) is 0 Å². The Hall–Kier alpha value is -2.62. The van der Waals surface area contributed by atoms with Crippen LogP contribution < -0.4 is 10.9 Å². The number of pyridine rings is 1. The van der Waals surface area contributed by atoms with Gasteiger partial charge >= 0.3 is 0 Å². The lowest BCUT2D eigenvalue weighted by molar-refractivity contribution is 0.861. The van der Waals surface area contributed by atoms with Gasteiger partial charge in [0.1, 0.15) is 11.5 Å². The predicted octanol–water partition coefficient (Wildman–Crippen LogP) is 3.18. The highest BCUT2D eigenvalue weighted by atomic mass is 16.1. The molecule has 4 heteroatoms. The van der Waals surface area contributed by atoms with Gasteiger partial charge in [0.05, 0.1) is 6.04 Å². The van der Waals surface area contributed by atoms with E-state index < -0.39 is 0 Å². The maximum Gasteiger partial charge on any atom is 0.259 e. The van der Waals surface area contributed by atoms with E-state index in [0.29, 0.717) is 11.5 Å². The first-order valence-electron chi connectivity index (χ1n) is 6.95. The Kier molecular flexibility index (Phi) is 3.44. The van der Waals surface area contributed by atoms with Gasteiger partial charge in [-0.1, -0.05) is 30.3 Å². The topological polar surface area (TPSA) is 46.4 Å². The molecular formula is C17H17N3O. The van der Waals surface area contributed by atoms with Crippen molar-refractivity contribution >= 4 is 11.5 Å². The number of hydrogen-bond acceptors (Lipinski definition) is 3. The van der Waals surface area contributed by atoms with Gasteiger partial charge in [-0.2, -0.15) is 0 Å². The summed E-state index contributed by atoms with van der Waals surface area (Å²) in [4.78, 5) is 16.6. The molecule has 21 heavy (non-hydrogen) atoms. The fraction of sp³-hybridized carbons (Fsp3) is 0.176. The Bertz CT molecular complexity index is 839. The summed E-state index contributed by atoms with van der Waals surface area (Å²) < 4.78 is 1.53. The largest absolute Gasteiger partial charge is 0.363 e. The Balaban J connectivity index is 1.95. The predicted molar refractivity (Wildman–Crippen MR) is 84.7 cm³/mol. The zero-order valence-electron chi connectivity index (χ0n) is 12.1. The van der Waals surface area contributed by atoms with E-state index in [0.717, 1.165) is 0 Å². The third-order valence-corrected chi connectivity index (χ3v) is 3.59. The molecule has 1 unspecified atom stereocenters. The molecule has 0 fully saturated rings. The van der Waals surface area contributed by atoms with Gasteiger partial charge in [-0.05, 0) is 37.1 Å². The molecule has 1 aromatic carbocycles. The molecule has 0 saturated heterocycles. The normalized spacial score (nSPS) is 12.3. The quantitative estimate of drug-likeness (QED) is 0.801. The molecule has 2 heterocycles. The molecule has 1 N–H and O–H groups in total. The number of rotatable bonds is 3. The summed E-state index contributed by atoms with van der Waals surface area (Å²) in [6, 6.07) is 15.3. The summed E-state index contributed by atoms with van der Waals surface area (Å²) >= 11 is 0. The molecule has 2 aromatic heterocycles. The van der Waals surface area contributed by atoms with Crippen molar-refractivity contribution in [3.8, 4) is 0 Å². The van der Waals surface area contributed by atoms with Gasteiger partial charge in [-0.15, -0.1) is 0 Å². The molecule has 0 saturated carbocycles.